The zero-order chi connectivity index (χ0) is 17.9. The highest BCUT2D eigenvalue weighted by Gasteiger charge is 2.25. The van der Waals surface area contributed by atoms with Crippen LogP contribution in [0, 0.1) is 5.82 Å². The Hall–Kier alpha value is -1.09. The van der Waals surface area contributed by atoms with E-state index < -0.39 is 15.8 Å². The Bertz CT molecular complexity index is 843. The molecule has 0 heterocycles. The lowest BCUT2D eigenvalue weighted by molar-refractivity contribution is 0.402. The van der Waals surface area contributed by atoms with Gasteiger partial charge in [-0.2, -0.15) is 4.31 Å². The van der Waals surface area contributed by atoms with Crippen LogP contribution < -0.4 is 4.74 Å². The van der Waals surface area contributed by atoms with Crippen LogP contribution in [-0.2, 0) is 16.6 Å². The molecule has 0 atom stereocenters. The number of hydrogen-bond acceptors (Lipinski definition) is 4. The average molecular weight is 434 g/mol. The van der Waals surface area contributed by atoms with Crippen molar-refractivity contribution >= 4 is 37.7 Å². The van der Waals surface area contributed by atoms with E-state index in [0.29, 0.717) is 10.2 Å². The molecule has 130 valence electrons. The van der Waals surface area contributed by atoms with Gasteiger partial charge in [0.25, 0.3) is 0 Å². The first-order chi connectivity index (χ1) is 11.3. The molecule has 0 aromatic heterocycles. The molecule has 0 amide bonds. The maximum atomic E-state index is 13.9. The molecule has 0 aliphatic carbocycles. The van der Waals surface area contributed by atoms with E-state index in [0.717, 1.165) is 20.8 Å². The van der Waals surface area contributed by atoms with E-state index in [1.54, 1.807) is 24.9 Å². The lowest BCUT2D eigenvalue weighted by atomic mass is 10.2. The van der Waals surface area contributed by atoms with Gasteiger partial charge in [-0.25, -0.2) is 12.8 Å². The number of nitrogens with zero attached hydrogens (tertiary/aromatic N) is 1. The first-order valence-corrected chi connectivity index (χ1v) is 10.4. The first-order valence-electron chi connectivity index (χ1n) is 6.92. The molecule has 0 fully saturated rings. The number of halogens is 2. The van der Waals surface area contributed by atoms with Crippen molar-refractivity contribution in [1.29, 1.82) is 0 Å². The molecule has 0 saturated carbocycles. The van der Waals surface area contributed by atoms with E-state index in [9.17, 15) is 12.8 Å². The van der Waals surface area contributed by atoms with Gasteiger partial charge in [0.15, 0.2) is 0 Å². The molecule has 0 N–H and O–H groups in total. The van der Waals surface area contributed by atoms with E-state index in [2.05, 4.69) is 15.9 Å². The van der Waals surface area contributed by atoms with Crippen molar-refractivity contribution in [3.63, 3.8) is 0 Å². The molecule has 0 unspecified atom stereocenters. The summed E-state index contributed by atoms with van der Waals surface area (Å²) in [6, 6.07) is 9.34. The quantitative estimate of drug-likeness (QED) is 0.642. The maximum Gasteiger partial charge on any atom is 0.246 e. The van der Waals surface area contributed by atoms with E-state index in [1.165, 1.54) is 19.2 Å². The monoisotopic (exact) mass is 433 g/mol. The number of thioether (sulfide) groups is 1. The van der Waals surface area contributed by atoms with Crippen molar-refractivity contribution in [3.05, 3.63) is 52.3 Å². The average Bonchev–Trinajstić information content (AvgIpc) is 2.56. The molecule has 2 aromatic carbocycles. The highest BCUT2D eigenvalue weighted by molar-refractivity contribution is 9.10. The predicted octanol–water partition coefficient (Wildman–Crippen LogP) is 4.14. The summed E-state index contributed by atoms with van der Waals surface area (Å²) in [6.07, 6.45) is 1.93. The number of benzene rings is 2. The number of methoxy groups -OCH3 is 1. The Morgan fingerprint density at radius 3 is 2.58 bits per heavy atom. The second-order valence-corrected chi connectivity index (χ2v) is 8.80. The number of ether oxygens (including phenoxy) is 1. The summed E-state index contributed by atoms with van der Waals surface area (Å²) in [6.45, 7) is 0.110. The molecule has 2 aromatic rings. The zero-order valence-corrected chi connectivity index (χ0v) is 16.6. The molecule has 0 radical (unpaired) electrons. The third-order valence-corrected chi connectivity index (χ3v) is 6.52. The summed E-state index contributed by atoms with van der Waals surface area (Å²) in [7, 11) is -0.956. The van der Waals surface area contributed by atoms with Crippen LogP contribution in [0.25, 0.3) is 0 Å². The minimum atomic E-state index is -3.94. The molecule has 0 bridgehead atoms. The van der Waals surface area contributed by atoms with Gasteiger partial charge in [0.1, 0.15) is 16.5 Å². The van der Waals surface area contributed by atoms with Crippen molar-refractivity contribution in [2.75, 3.05) is 20.4 Å². The molecule has 0 saturated heterocycles. The van der Waals surface area contributed by atoms with Gasteiger partial charge in [-0.05, 0) is 42.2 Å². The molecule has 24 heavy (non-hydrogen) atoms. The maximum absolute atomic E-state index is 13.9. The summed E-state index contributed by atoms with van der Waals surface area (Å²) in [5, 5.41) is 0. The second kappa shape index (κ2) is 7.86. The van der Waals surface area contributed by atoms with Crippen LogP contribution in [-0.4, -0.2) is 33.1 Å². The Labute approximate surface area is 154 Å². The van der Waals surface area contributed by atoms with Gasteiger partial charge in [0.2, 0.25) is 10.0 Å². The topological polar surface area (TPSA) is 46.6 Å². The third-order valence-electron chi connectivity index (χ3n) is 3.43. The van der Waals surface area contributed by atoms with Crippen LogP contribution in [0.5, 0.6) is 5.75 Å². The van der Waals surface area contributed by atoms with Crippen molar-refractivity contribution < 1.29 is 17.5 Å². The first kappa shape index (κ1) is 19.2. The van der Waals surface area contributed by atoms with Gasteiger partial charge in [0, 0.05) is 23.0 Å². The van der Waals surface area contributed by atoms with Crippen LogP contribution >= 0.6 is 27.7 Å². The van der Waals surface area contributed by atoms with E-state index in [-0.39, 0.29) is 11.4 Å². The van der Waals surface area contributed by atoms with Crippen LogP contribution in [0.4, 0.5) is 4.39 Å². The molecular weight excluding hydrogens is 417 g/mol. The summed E-state index contributed by atoms with van der Waals surface area (Å²) >= 11 is 4.71. The summed E-state index contributed by atoms with van der Waals surface area (Å²) < 4.78 is 46.1. The lowest BCUT2D eigenvalue weighted by Gasteiger charge is -2.18. The SMILES string of the molecule is COc1cc(CN(C)S(=O)(=O)c2cc(Br)ccc2F)ccc1SC. The predicted molar refractivity (Wildman–Crippen MR) is 97.5 cm³/mol. The lowest BCUT2D eigenvalue weighted by Crippen LogP contribution is -2.27. The summed E-state index contributed by atoms with van der Waals surface area (Å²) in [5.41, 5.74) is 0.756. The highest BCUT2D eigenvalue weighted by Crippen LogP contribution is 2.29. The van der Waals surface area contributed by atoms with Crippen LogP contribution in [0.2, 0.25) is 0 Å². The highest BCUT2D eigenvalue weighted by atomic mass is 79.9. The van der Waals surface area contributed by atoms with Gasteiger partial charge in [-0.1, -0.05) is 22.0 Å². The van der Waals surface area contributed by atoms with Crippen LogP contribution in [0.1, 0.15) is 5.56 Å². The normalized spacial score (nSPS) is 11.8. The third kappa shape index (κ3) is 4.11. The van der Waals surface area contributed by atoms with E-state index >= 15 is 0 Å². The van der Waals surface area contributed by atoms with Gasteiger partial charge in [-0.3, -0.25) is 0 Å². The smallest absolute Gasteiger partial charge is 0.246 e. The van der Waals surface area contributed by atoms with Crippen molar-refractivity contribution in [1.82, 2.24) is 4.31 Å². The fourth-order valence-corrected chi connectivity index (χ4v) is 4.47. The van der Waals surface area contributed by atoms with E-state index in [4.69, 9.17) is 4.74 Å². The zero-order valence-electron chi connectivity index (χ0n) is 13.4. The van der Waals surface area contributed by atoms with Crippen molar-refractivity contribution in [2.24, 2.45) is 0 Å². The number of sulfonamides is 1. The molecule has 4 nitrogen and oxygen atoms in total. The molecule has 0 aliphatic heterocycles. The van der Waals surface area contributed by atoms with Gasteiger partial charge in [-0.15, -0.1) is 11.8 Å². The standard InChI is InChI=1S/C16H17BrFNO3S2/c1-19(10-11-4-7-15(23-3)14(8-11)22-2)24(20,21)16-9-12(17)5-6-13(16)18/h4-9H,10H2,1-3H3. The second-order valence-electron chi connectivity index (χ2n) is 5.03. The fourth-order valence-electron chi connectivity index (χ4n) is 2.16. The Morgan fingerprint density at radius 2 is 1.96 bits per heavy atom. The largest absolute Gasteiger partial charge is 0.496 e. The van der Waals surface area contributed by atoms with E-state index in [1.807, 2.05) is 18.4 Å². The number of rotatable bonds is 6. The Balaban J connectivity index is 2.31. The van der Waals surface area contributed by atoms with Crippen molar-refractivity contribution in [3.8, 4) is 5.75 Å². The minimum Gasteiger partial charge on any atom is -0.496 e. The van der Waals surface area contributed by atoms with Crippen LogP contribution in [0.3, 0.4) is 0 Å². The molecule has 0 aliphatic rings. The Morgan fingerprint density at radius 1 is 1.25 bits per heavy atom. The van der Waals surface area contributed by atoms with Gasteiger partial charge in [0.05, 0.1) is 7.11 Å². The van der Waals surface area contributed by atoms with Gasteiger partial charge >= 0.3 is 0 Å². The summed E-state index contributed by atoms with van der Waals surface area (Å²) in [5.74, 6) is -0.0974. The van der Waals surface area contributed by atoms with Gasteiger partial charge < -0.3 is 4.74 Å². The minimum absolute atomic E-state index is 0.110. The molecule has 8 heteroatoms. The van der Waals surface area contributed by atoms with Crippen LogP contribution in [0.15, 0.2) is 50.7 Å². The molecule has 0 spiro atoms. The Kier molecular flexibility index (Phi) is 6.30. The number of hydrogen-bond donors (Lipinski definition) is 0. The fraction of sp³-hybridized carbons (Fsp3) is 0.250. The summed E-state index contributed by atoms with van der Waals surface area (Å²) in [4.78, 5) is 0.608. The van der Waals surface area contributed by atoms with Crippen molar-refractivity contribution in [2.45, 2.75) is 16.3 Å². The molecule has 2 rings (SSSR count). The molecular formula is C16H17BrFNO3S2.